The zero-order valence-electron chi connectivity index (χ0n) is 10.2. The molecule has 0 saturated carbocycles. The van der Waals surface area contributed by atoms with Gasteiger partial charge in [0.25, 0.3) is 0 Å². The van der Waals surface area contributed by atoms with E-state index in [1.165, 1.54) is 24.0 Å². The molecule has 2 nitrogen and oxygen atoms in total. The van der Waals surface area contributed by atoms with E-state index in [2.05, 4.69) is 52.2 Å². The molecule has 0 amide bonds. The maximum atomic E-state index is 4.59. The Balaban J connectivity index is 2.08. The lowest BCUT2D eigenvalue weighted by atomic mass is 10.1. The third-order valence-electron chi connectivity index (χ3n) is 2.71. The first-order valence-electron chi connectivity index (χ1n) is 6.01. The van der Waals surface area contributed by atoms with E-state index in [0.717, 1.165) is 15.1 Å². The first kappa shape index (κ1) is 12.8. The SMILES string of the molecule is CCCCC(C)Nc1nc2ccc(Br)cc2s1. The molecule has 1 heterocycles. The van der Waals surface area contributed by atoms with Crippen LogP contribution in [0.15, 0.2) is 22.7 Å². The minimum Gasteiger partial charge on any atom is -0.359 e. The van der Waals surface area contributed by atoms with Crippen LogP contribution in [0.2, 0.25) is 0 Å². The van der Waals surface area contributed by atoms with Crippen LogP contribution < -0.4 is 5.32 Å². The van der Waals surface area contributed by atoms with Crippen LogP contribution in [0.3, 0.4) is 0 Å². The van der Waals surface area contributed by atoms with Gasteiger partial charge in [0.05, 0.1) is 10.2 Å². The van der Waals surface area contributed by atoms with Gasteiger partial charge >= 0.3 is 0 Å². The molecular weight excluding hydrogens is 296 g/mol. The fraction of sp³-hybridized carbons (Fsp3) is 0.462. The molecule has 0 radical (unpaired) electrons. The summed E-state index contributed by atoms with van der Waals surface area (Å²) in [6, 6.07) is 6.71. The van der Waals surface area contributed by atoms with Gasteiger partial charge in [-0.05, 0) is 31.5 Å². The highest BCUT2D eigenvalue weighted by atomic mass is 79.9. The number of fused-ring (bicyclic) bond motifs is 1. The molecule has 1 aromatic carbocycles. The molecule has 17 heavy (non-hydrogen) atoms. The average molecular weight is 313 g/mol. The maximum absolute atomic E-state index is 4.59. The number of anilines is 1. The molecule has 0 aliphatic carbocycles. The van der Waals surface area contributed by atoms with Gasteiger partial charge in [0.1, 0.15) is 0 Å². The largest absolute Gasteiger partial charge is 0.359 e. The average Bonchev–Trinajstić information content (AvgIpc) is 2.67. The van der Waals surface area contributed by atoms with Crippen LogP contribution in [0.5, 0.6) is 0 Å². The zero-order chi connectivity index (χ0) is 12.3. The summed E-state index contributed by atoms with van der Waals surface area (Å²) in [7, 11) is 0. The highest BCUT2D eigenvalue weighted by molar-refractivity contribution is 9.10. The first-order chi connectivity index (χ1) is 8.19. The van der Waals surface area contributed by atoms with Crippen molar-refractivity contribution < 1.29 is 0 Å². The number of halogens is 1. The van der Waals surface area contributed by atoms with E-state index in [1.54, 1.807) is 11.3 Å². The number of unbranched alkanes of at least 4 members (excludes halogenated alkanes) is 1. The molecule has 0 aliphatic heterocycles. The van der Waals surface area contributed by atoms with Crippen LogP contribution in [0.1, 0.15) is 33.1 Å². The van der Waals surface area contributed by atoms with Crippen molar-refractivity contribution in [2.24, 2.45) is 0 Å². The van der Waals surface area contributed by atoms with Gasteiger partial charge in [0.2, 0.25) is 0 Å². The second-order valence-corrected chi connectivity index (χ2v) is 6.27. The van der Waals surface area contributed by atoms with E-state index in [9.17, 15) is 0 Å². The van der Waals surface area contributed by atoms with E-state index in [4.69, 9.17) is 0 Å². The summed E-state index contributed by atoms with van der Waals surface area (Å²) in [6.07, 6.45) is 3.72. The molecule has 92 valence electrons. The normalized spacial score (nSPS) is 12.9. The Hall–Kier alpha value is -0.610. The van der Waals surface area contributed by atoms with Crippen LogP contribution in [0, 0.1) is 0 Å². The topological polar surface area (TPSA) is 24.9 Å². The van der Waals surface area contributed by atoms with Gasteiger partial charge in [0, 0.05) is 10.5 Å². The van der Waals surface area contributed by atoms with Gasteiger partial charge < -0.3 is 5.32 Å². The van der Waals surface area contributed by atoms with Crippen molar-refractivity contribution in [1.29, 1.82) is 0 Å². The monoisotopic (exact) mass is 312 g/mol. The number of aromatic nitrogens is 1. The van der Waals surface area contributed by atoms with Gasteiger partial charge in [-0.15, -0.1) is 0 Å². The molecule has 0 aliphatic rings. The number of benzene rings is 1. The highest BCUT2D eigenvalue weighted by Crippen LogP contribution is 2.29. The van der Waals surface area contributed by atoms with E-state index in [0.29, 0.717) is 6.04 Å². The summed E-state index contributed by atoms with van der Waals surface area (Å²) < 4.78 is 2.34. The minimum absolute atomic E-state index is 0.499. The van der Waals surface area contributed by atoms with Gasteiger partial charge in [0.15, 0.2) is 5.13 Å². The predicted octanol–water partition coefficient (Wildman–Crippen LogP) is 5.05. The molecule has 1 unspecified atom stereocenters. The minimum atomic E-state index is 0.499. The Morgan fingerprint density at radius 3 is 3.06 bits per heavy atom. The van der Waals surface area contributed by atoms with Crippen molar-refractivity contribution in [3.8, 4) is 0 Å². The fourth-order valence-electron chi connectivity index (χ4n) is 1.75. The van der Waals surface area contributed by atoms with E-state index in [-0.39, 0.29) is 0 Å². The number of nitrogens with zero attached hydrogens (tertiary/aromatic N) is 1. The van der Waals surface area contributed by atoms with Gasteiger partial charge in [-0.3, -0.25) is 0 Å². The molecule has 2 rings (SSSR count). The Labute approximate surface area is 115 Å². The quantitative estimate of drug-likeness (QED) is 0.835. The first-order valence-corrected chi connectivity index (χ1v) is 7.62. The van der Waals surface area contributed by atoms with Gasteiger partial charge in [-0.25, -0.2) is 4.98 Å². The second kappa shape index (κ2) is 5.83. The molecule has 2 aromatic rings. The van der Waals surface area contributed by atoms with Crippen molar-refractivity contribution >= 4 is 42.6 Å². The lowest BCUT2D eigenvalue weighted by Crippen LogP contribution is -2.14. The lowest BCUT2D eigenvalue weighted by Gasteiger charge is -2.11. The summed E-state index contributed by atoms with van der Waals surface area (Å²) in [6.45, 7) is 4.44. The number of nitrogens with one attached hydrogen (secondary N) is 1. The van der Waals surface area contributed by atoms with Crippen molar-refractivity contribution in [3.63, 3.8) is 0 Å². The van der Waals surface area contributed by atoms with Crippen LogP contribution in [0.25, 0.3) is 10.2 Å². The molecule has 0 fully saturated rings. The molecule has 4 heteroatoms. The van der Waals surface area contributed by atoms with Gasteiger partial charge in [-0.1, -0.05) is 47.0 Å². The summed E-state index contributed by atoms with van der Waals surface area (Å²) in [5.74, 6) is 0. The molecule has 0 saturated heterocycles. The highest BCUT2D eigenvalue weighted by Gasteiger charge is 2.07. The number of hydrogen-bond donors (Lipinski definition) is 1. The van der Waals surface area contributed by atoms with Gasteiger partial charge in [-0.2, -0.15) is 0 Å². The second-order valence-electron chi connectivity index (χ2n) is 4.32. The molecule has 0 bridgehead atoms. The Morgan fingerprint density at radius 2 is 2.29 bits per heavy atom. The number of thiazole rings is 1. The van der Waals surface area contributed by atoms with Crippen LogP contribution >= 0.6 is 27.3 Å². The van der Waals surface area contributed by atoms with Crippen LogP contribution in [0.4, 0.5) is 5.13 Å². The smallest absolute Gasteiger partial charge is 0.183 e. The molecule has 0 spiro atoms. The Bertz CT molecular complexity index is 495. The summed E-state index contributed by atoms with van der Waals surface area (Å²) in [5.41, 5.74) is 1.07. The van der Waals surface area contributed by atoms with E-state index >= 15 is 0 Å². The summed E-state index contributed by atoms with van der Waals surface area (Å²) in [4.78, 5) is 4.59. The van der Waals surface area contributed by atoms with E-state index in [1.807, 2.05) is 6.07 Å². The third kappa shape index (κ3) is 3.42. The van der Waals surface area contributed by atoms with Crippen molar-refractivity contribution in [2.75, 3.05) is 5.32 Å². The van der Waals surface area contributed by atoms with Crippen LogP contribution in [-0.2, 0) is 0 Å². The third-order valence-corrected chi connectivity index (χ3v) is 4.15. The lowest BCUT2D eigenvalue weighted by molar-refractivity contribution is 0.645. The standard InChI is InChI=1S/C13H17BrN2S/c1-3-4-5-9(2)15-13-16-11-7-6-10(14)8-12(11)17-13/h6-9H,3-5H2,1-2H3,(H,15,16). The summed E-state index contributed by atoms with van der Waals surface area (Å²) in [5, 5.41) is 4.51. The number of rotatable bonds is 5. The molecular formula is C13H17BrN2S. The van der Waals surface area contributed by atoms with Crippen molar-refractivity contribution in [2.45, 2.75) is 39.2 Å². The maximum Gasteiger partial charge on any atom is 0.183 e. The molecule has 1 N–H and O–H groups in total. The van der Waals surface area contributed by atoms with Crippen molar-refractivity contribution in [1.82, 2.24) is 4.98 Å². The number of hydrogen-bond acceptors (Lipinski definition) is 3. The molecule has 1 aromatic heterocycles. The van der Waals surface area contributed by atoms with Crippen molar-refractivity contribution in [3.05, 3.63) is 22.7 Å². The summed E-state index contributed by atoms with van der Waals surface area (Å²) >= 11 is 5.21. The predicted molar refractivity (Wildman–Crippen MR) is 79.9 cm³/mol. The van der Waals surface area contributed by atoms with E-state index < -0.39 is 0 Å². The Kier molecular flexibility index (Phi) is 4.40. The van der Waals surface area contributed by atoms with Crippen LogP contribution in [-0.4, -0.2) is 11.0 Å². The molecule has 1 atom stereocenters. The fourth-order valence-corrected chi connectivity index (χ4v) is 3.28. The zero-order valence-corrected chi connectivity index (χ0v) is 12.6. The Morgan fingerprint density at radius 1 is 1.47 bits per heavy atom.